The number of amides is 1. The lowest BCUT2D eigenvalue weighted by molar-refractivity contribution is -0.384. The number of nitrogens with zero attached hydrogens (tertiary/aromatic N) is 4. The van der Waals surface area contributed by atoms with Crippen LogP contribution in [-0.2, 0) is 19.3 Å². The summed E-state index contributed by atoms with van der Waals surface area (Å²) in [5, 5.41) is 11.4. The highest BCUT2D eigenvalue weighted by molar-refractivity contribution is 7.93. The SMILES string of the molecule is CCC(=O)N=S1(=O)CCC2(CC1)CN(c1c(C)cncc1[N+](=O)[O-])CCO2. The zero-order chi connectivity index (χ0) is 19.7. The maximum atomic E-state index is 12.8. The number of aromatic nitrogens is 1. The summed E-state index contributed by atoms with van der Waals surface area (Å²) in [6, 6.07) is 0. The van der Waals surface area contributed by atoms with Crippen LogP contribution < -0.4 is 4.90 Å². The number of hydrogen-bond donors (Lipinski definition) is 0. The minimum absolute atomic E-state index is 0.0183. The molecular weight excluding hydrogens is 372 g/mol. The minimum Gasteiger partial charge on any atom is -0.371 e. The van der Waals surface area contributed by atoms with Gasteiger partial charge in [-0.2, -0.15) is 4.36 Å². The van der Waals surface area contributed by atoms with Gasteiger partial charge >= 0.3 is 5.69 Å². The Morgan fingerprint density at radius 3 is 2.78 bits per heavy atom. The van der Waals surface area contributed by atoms with Gasteiger partial charge < -0.3 is 9.64 Å². The van der Waals surface area contributed by atoms with Crippen molar-refractivity contribution in [3.63, 3.8) is 0 Å². The Morgan fingerprint density at radius 2 is 2.15 bits per heavy atom. The average Bonchev–Trinajstić information content (AvgIpc) is 2.64. The molecule has 9 nitrogen and oxygen atoms in total. The Labute approximate surface area is 158 Å². The van der Waals surface area contributed by atoms with Crippen molar-refractivity contribution in [3.8, 4) is 0 Å². The predicted molar refractivity (Wildman–Crippen MR) is 101 cm³/mol. The van der Waals surface area contributed by atoms with Gasteiger partial charge in [-0.25, -0.2) is 4.21 Å². The van der Waals surface area contributed by atoms with Gasteiger partial charge in [0.25, 0.3) is 5.91 Å². The van der Waals surface area contributed by atoms with Gasteiger partial charge in [0.2, 0.25) is 0 Å². The molecule has 1 aromatic rings. The first kappa shape index (κ1) is 19.7. The maximum Gasteiger partial charge on any atom is 0.310 e. The third-order valence-corrected chi connectivity index (χ3v) is 7.39. The van der Waals surface area contributed by atoms with E-state index in [1.807, 2.05) is 4.90 Å². The molecule has 0 N–H and O–H groups in total. The summed E-state index contributed by atoms with van der Waals surface area (Å²) in [5.41, 5.74) is 0.766. The first-order valence-electron chi connectivity index (χ1n) is 9.01. The first-order valence-corrected chi connectivity index (χ1v) is 10.9. The van der Waals surface area contributed by atoms with Crippen molar-refractivity contribution in [1.82, 2.24) is 4.98 Å². The van der Waals surface area contributed by atoms with Crippen LogP contribution in [0.4, 0.5) is 11.4 Å². The van der Waals surface area contributed by atoms with Crippen LogP contribution in [-0.4, -0.2) is 56.8 Å². The Morgan fingerprint density at radius 1 is 1.44 bits per heavy atom. The molecule has 2 aliphatic rings. The number of anilines is 1. The summed E-state index contributed by atoms with van der Waals surface area (Å²) in [7, 11) is -2.53. The number of aryl methyl sites for hydroxylation is 1. The van der Waals surface area contributed by atoms with E-state index < -0.39 is 20.3 Å². The summed E-state index contributed by atoms with van der Waals surface area (Å²) < 4.78 is 22.8. The van der Waals surface area contributed by atoms with E-state index in [1.165, 1.54) is 6.20 Å². The van der Waals surface area contributed by atoms with Crippen LogP contribution in [0.25, 0.3) is 0 Å². The van der Waals surface area contributed by atoms with Crippen molar-refractivity contribution < 1.29 is 18.7 Å². The summed E-state index contributed by atoms with van der Waals surface area (Å²) in [6.45, 7) is 4.97. The van der Waals surface area contributed by atoms with Crippen LogP contribution in [0.15, 0.2) is 16.8 Å². The molecule has 148 valence electrons. The number of pyridine rings is 1. The highest BCUT2D eigenvalue weighted by Gasteiger charge is 2.42. The van der Waals surface area contributed by atoms with E-state index in [-0.39, 0.29) is 18.0 Å². The zero-order valence-electron chi connectivity index (χ0n) is 15.5. The molecule has 1 amide bonds. The largest absolute Gasteiger partial charge is 0.371 e. The zero-order valence-corrected chi connectivity index (χ0v) is 16.4. The summed E-state index contributed by atoms with van der Waals surface area (Å²) >= 11 is 0. The Balaban J connectivity index is 1.83. The molecule has 1 aromatic heterocycles. The highest BCUT2D eigenvalue weighted by atomic mass is 32.2. The second-order valence-electron chi connectivity index (χ2n) is 7.05. The van der Waals surface area contributed by atoms with Crippen molar-refractivity contribution >= 4 is 27.0 Å². The smallest absolute Gasteiger partial charge is 0.310 e. The fourth-order valence-electron chi connectivity index (χ4n) is 3.69. The third-order valence-electron chi connectivity index (χ3n) is 5.17. The van der Waals surface area contributed by atoms with Crippen molar-refractivity contribution in [1.29, 1.82) is 0 Å². The molecule has 2 fully saturated rings. The quantitative estimate of drug-likeness (QED) is 0.567. The molecule has 1 spiro atoms. The van der Waals surface area contributed by atoms with Gasteiger partial charge in [0.15, 0.2) is 0 Å². The van der Waals surface area contributed by atoms with Gasteiger partial charge in [0, 0.05) is 37.2 Å². The summed E-state index contributed by atoms with van der Waals surface area (Å²) in [6.07, 6.45) is 4.17. The average molecular weight is 396 g/mol. The van der Waals surface area contributed by atoms with Gasteiger partial charge in [-0.05, 0) is 25.3 Å². The second-order valence-corrected chi connectivity index (χ2v) is 9.60. The van der Waals surface area contributed by atoms with E-state index in [1.54, 1.807) is 20.0 Å². The predicted octanol–water partition coefficient (Wildman–Crippen LogP) is 2.07. The lowest BCUT2D eigenvalue weighted by Gasteiger charge is -2.46. The van der Waals surface area contributed by atoms with E-state index in [4.69, 9.17) is 4.74 Å². The molecule has 27 heavy (non-hydrogen) atoms. The summed E-state index contributed by atoms with van der Waals surface area (Å²) in [4.78, 5) is 28.5. The van der Waals surface area contributed by atoms with E-state index in [2.05, 4.69) is 9.35 Å². The van der Waals surface area contributed by atoms with Crippen LogP contribution in [0.3, 0.4) is 0 Å². The van der Waals surface area contributed by atoms with E-state index in [0.717, 1.165) is 5.56 Å². The van der Waals surface area contributed by atoms with Crippen LogP contribution in [0, 0.1) is 17.0 Å². The molecule has 0 atom stereocenters. The number of carbonyl (C=O) groups excluding carboxylic acids is 1. The number of morpholine rings is 1. The normalized spacial score (nSPS) is 28.1. The molecule has 3 rings (SSSR count). The molecular formula is C17H24N4O5S. The van der Waals surface area contributed by atoms with Crippen molar-refractivity contribution in [2.75, 3.05) is 36.1 Å². The maximum absolute atomic E-state index is 12.8. The van der Waals surface area contributed by atoms with Gasteiger partial charge in [-0.3, -0.25) is 19.9 Å². The van der Waals surface area contributed by atoms with Gasteiger partial charge in [0.05, 0.1) is 26.9 Å². The molecule has 0 radical (unpaired) electrons. The van der Waals surface area contributed by atoms with Gasteiger partial charge in [-0.15, -0.1) is 0 Å². The van der Waals surface area contributed by atoms with Gasteiger partial charge in [0.1, 0.15) is 11.9 Å². The second kappa shape index (κ2) is 7.51. The standard InChI is InChI=1S/C17H24N4O5S/c1-3-15(22)19-27(25)8-4-17(5-9-27)12-20(6-7-26-17)16-13(2)10-18-11-14(16)21(23)24/h10-11H,3-9,12H2,1-2H3. The van der Waals surface area contributed by atoms with Crippen molar-refractivity contribution in [2.24, 2.45) is 4.36 Å². The topological polar surface area (TPSA) is 115 Å². The number of hydrogen-bond acceptors (Lipinski definition) is 7. The highest BCUT2D eigenvalue weighted by Crippen LogP contribution is 2.37. The van der Waals surface area contributed by atoms with Crippen LogP contribution in [0.1, 0.15) is 31.7 Å². The molecule has 0 aromatic carbocycles. The summed E-state index contributed by atoms with van der Waals surface area (Å²) in [5.74, 6) is 0.291. The lowest BCUT2D eigenvalue weighted by Crippen LogP contribution is -2.55. The molecule has 3 heterocycles. The molecule has 0 saturated carbocycles. The molecule has 2 aliphatic heterocycles. The van der Waals surface area contributed by atoms with Crippen molar-refractivity contribution in [2.45, 2.75) is 38.7 Å². The lowest BCUT2D eigenvalue weighted by atomic mass is 9.93. The molecule has 0 unspecified atom stereocenters. The number of nitro groups is 1. The third kappa shape index (κ3) is 4.11. The van der Waals surface area contributed by atoms with E-state index in [0.29, 0.717) is 49.7 Å². The molecule has 0 aliphatic carbocycles. The molecule has 10 heteroatoms. The Bertz CT molecular complexity index is 864. The van der Waals surface area contributed by atoms with Crippen LogP contribution in [0.2, 0.25) is 0 Å². The number of ether oxygens (including phenoxy) is 1. The fourth-order valence-corrected chi connectivity index (χ4v) is 5.96. The Hall–Kier alpha value is -2.07. The fraction of sp³-hybridized carbons (Fsp3) is 0.647. The first-order chi connectivity index (χ1) is 12.8. The Kier molecular flexibility index (Phi) is 5.48. The van der Waals surface area contributed by atoms with E-state index >= 15 is 0 Å². The monoisotopic (exact) mass is 396 g/mol. The van der Waals surface area contributed by atoms with E-state index in [9.17, 15) is 19.1 Å². The van der Waals surface area contributed by atoms with Crippen molar-refractivity contribution in [3.05, 3.63) is 28.1 Å². The number of rotatable bonds is 3. The minimum atomic E-state index is -2.53. The van der Waals surface area contributed by atoms with Gasteiger partial charge in [-0.1, -0.05) is 6.92 Å². The van der Waals surface area contributed by atoms with Crippen LogP contribution >= 0.6 is 0 Å². The molecule has 0 bridgehead atoms. The number of carbonyl (C=O) groups is 1. The molecule has 2 saturated heterocycles. The van der Waals surface area contributed by atoms with Crippen LogP contribution in [0.5, 0.6) is 0 Å².